The zero-order valence-corrected chi connectivity index (χ0v) is 4.89. The van der Waals surface area contributed by atoms with E-state index in [1.54, 1.807) is 5.32 Å². The molecule has 0 aromatic carbocycles. The summed E-state index contributed by atoms with van der Waals surface area (Å²) in [5.74, 6) is 2.37. The minimum Gasteiger partial charge on any atom is -0.477 e. The van der Waals surface area contributed by atoms with Gasteiger partial charge in [-0.3, -0.25) is 0 Å². The lowest BCUT2D eigenvalue weighted by Crippen LogP contribution is -2.78. The van der Waals surface area contributed by atoms with Gasteiger partial charge in [0.05, 0.1) is 13.2 Å². The average Bonchev–Trinajstić information content (AvgIpc) is 1.81. The first kappa shape index (κ1) is 7.48. The lowest BCUT2D eigenvalue weighted by molar-refractivity contribution is -0.597. The van der Waals surface area contributed by atoms with Gasteiger partial charge in [0.2, 0.25) is 0 Å². The van der Waals surface area contributed by atoms with E-state index >= 15 is 0 Å². The fraction of sp³-hybridized carbons (Fsp3) is 0.500. The normalized spacial score (nSPS) is 8.50. The van der Waals surface area contributed by atoms with Gasteiger partial charge in [-0.1, -0.05) is 5.92 Å². The van der Waals surface area contributed by atoms with Gasteiger partial charge in [-0.2, -0.15) is 7.05 Å². The largest absolute Gasteiger partial charge is 0.477 e. The third kappa shape index (κ3) is 5.48. The Morgan fingerprint density at radius 1 is 1.75 bits per heavy atom. The van der Waals surface area contributed by atoms with Crippen molar-refractivity contribution in [1.29, 1.82) is 0 Å². The van der Waals surface area contributed by atoms with E-state index < -0.39 is 0 Å². The van der Waals surface area contributed by atoms with Crippen molar-refractivity contribution in [3.05, 3.63) is 7.05 Å². The van der Waals surface area contributed by atoms with Crippen molar-refractivity contribution >= 4 is 0 Å². The van der Waals surface area contributed by atoms with Crippen LogP contribution in [0.25, 0.3) is 0 Å². The Bertz CT molecular complexity index is 75.1. The molecule has 2 heteroatoms. The highest BCUT2D eigenvalue weighted by molar-refractivity contribution is 4.82. The number of hydrogen-bond acceptors (Lipinski definition) is 1. The zero-order valence-electron chi connectivity index (χ0n) is 4.89. The van der Waals surface area contributed by atoms with Gasteiger partial charge in [-0.25, -0.2) is 0 Å². The van der Waals surface area contributed by atoms with Gasteiger partial charge in [-0.15, -0.1) is 6.42 Å². The average molecular weight is 113 g/mol. The second kappa shape index (κ2) is 6.48. The monoisotopic (exact) mass is 113 g/mol. The fourth-order valence-electron chi connectivity index (χ4n) is 0.298. The molecule has 0 saturated carbocycles. The second-order valence-corrected chi connectivity index (χ2v) is 1.33. The molecule has 2 N–H and O–H groups in total. The van der Waals surface area contributed by atoms with Gasteiger partial charge in [-0.05, 0) is 0 Å². The molecule has 0 aliphatic rings. The van der Waals surface area contributed by atoms with E-state index in [1.807, 2.05) is 0 Å². The molecule has 0 atom stereocenters. The molecule has 0 saturated heterocycles. The highest BCUT2D eigenvalue weighted by atomic mass is 16.5. The molecule has 0 bridgehead atoms. The maximum Gasteiger partial charge on any atom is 0.107 e. The van der Waals surface area contributed by atoms with Crippen molar-refractivity contribution in [2.45, 2.75) is 0 Å². The molecule has 8 heavy (non-hydrogen) atoms. The van der Waals surface area contributed by atoms with E-state index in [-0.39, 0.29) is 0 Å². The Balaban J connectivity index is 2.65. The second-order valence-electron chi connectivity index (χ2n) is 1.33. The summed E-state index contributed by atoms with van der Waals surface area (Å²) in [7, 11) is 3.53. The van der Waals surface area contributed by atoms with E-state index in [4.69, 9.17) is 11.2 Å². The van der Waals surface area contributed by atoms with Gasteiger partial charge in [0.15, 0.2) is 0 Å². The molecular formula is C6H11NO. The number of hydrogen-bond donors (Lipinski definition) is 1. The number of quaternary nitrogens is 1. The van der Waals surface area contributed by atoms with Gasteiger partial charge in [0.1, 0.15) is 6.61 Å². The van der Waals surface area contributed by atoms with Gasteiger partial charge < -0.3 is 10.1 Å². The van der Waals surface area contributed by atoms with Crippen LogP contribution in [0.4, 0.5) is 0 Å². The van der Waals surface area contributed by atoms with E-state index in [0.717, 1.165) is 6.54 Å². The summed E-state index contributed by atoms with van der Waals surface area (Å²) in [6, 6.07) is 0. The topological polar surface area (TPSA) is 25.8 Å². The van der Waals surface area contributed by atoms with Gasteiger partial charge in [0.25, 0.3) is 0 Å². The molecule has 0 aliphatic carbocycles. The summed E-state index contributed by atoms with van der Waals surface area (Å²) in [5.41, 5.74) is 0. The Labute approximate surface area is 50.2 Å². The predicted octanol–water partition coefficient (Wildman–Crippen LogP) is -1.01. The smallest absolute Gasteiger partial charge is 0.107 e. The zero-order chi connectivity index (χ0) is 6.24. The highest BCUT2D eigenvalue weighted by Crippen LogP contribution is 1.65. The quantitative estimate of drug-likeness (QED) is 0.282. The van der Waals surface area contributed by atoms with Crippen LogP contribution in [0, 0.1) is 19.4 Å². The summed E-state index contributed by atoms with van der Waals surface area (Å²) in [5, 5.41) is 1.80. The number of terminal acetylenes is 1. The summed E-state index contributed by atoms with van der Waals surface area (Å²) >= 11 is 0. The SMILES string of the molecule is C#CCOCC[NH2+][CH2-]. The van der Waals surface area contributed by atoms with Crippen molar-refractivity contribution in [2.24, 2.45) is 0 Å². The fourth-order valence-corrected chi connectivity index (χ4v) is 0.298. The molecule has 0 rings (SSSR count). The summed E-state index contributed by atoms with van der Waals surface area (Å²) in [6.07, 6.45) is 4.91. The Morgan fingerprint density at radius 2 is 2.50 bits per heavy atom. The van der Waals surface area contributed by atoms with Crippen molar-refractivity contribution < 1.29 is 10.1 Å². The maximum absolute atomic E-state index is 4.92. The Kier molecular flexibility index (Phi) is 6.06. The van der Waals surface area contributed by atoms with Crippen LogP contribution < -0.4 is 5.32 Å². The lowest BCUT2D eigenvalue weighted by atomic mass is 10.7. The predicted molar refractivity (Wildman–Crippen MR) is 31.8 cm³/mol. The third-order valence-electron chi connectivity index (χ3n) is 0.652. The summed E-state index contributed by atoms with van der Waals surface area (Å²) in [6.45, 7) is 1.98. The molecule has 0 aromatic rings. The minimum absolute atomic E-state index is 0.411. The Morgan fingerprint density at radius 3 is 3.00 bits per heavy atom. The molecule has 0 amide bonds. The van der Waals surface area contributed by atoms with E-state index in [0.29, 0.717) is 13.2 Å². The summed E-state index contributed by atoms with van der Waals surface area (Å²) in [4.78, 5) is 0. The van der Waals surface area contributed by atoms with Crippen LogP contribution in [-0.4, -0.2) is 19.8 Å². The number of rotatable bonds is 4. The van der Waals surface area contributed by atoms with Crippen molar-refractivity contribution in [2.75, 3.05) is 19.8 Å². The standard InChI is InChI=1S/C6H11NO/c1-3-5-8-6-4-7-2/h1H,2,4-7H2. The summed E-state index contributed by atoms with van der Waals surface area (Å²) < 4.78 is 4.92. The molecule has 0 aliphatic heterocycles. The third-order valence-corrected chi connectivity index (χ3v) is 0.652. The van der Waals surface area contributed by atoms with Gasteiger partial charge in [0, 0.05) is 0 Å². The van der Waals surface area contributed by atoms with Crippen molar-refractivity contribution in [3.63, 3.8) is 0 Å². The molecule has 0 spiro atoms. The van der Waals surface area contributed by atoms with E-state index in [2.05, 4.69) is 13.0 Å². The van der Waals surface area contributed by atoms with Crippen LogP contribution in [0.3, 0.4) is 0 Å². The molecule has 2 nitrogen and oxygen atoms in total. The number of nitrogens with two attached hydrogens (primary N) is 1. The van der Waals surface area contributed by atoms with Crippen LogP contribution >= 0.6 is 0 Å². The molecule has 0 fully saturated rings. The van der Waals surface area contributed by atoms with Crippen LogP contribution in [-0.2, 0) is 4.74 Å². The van der Waals surface area contributed by atoms with Crippen LogP contribution in [0.15, 0.2) is 0 Å². The Hall–Kier alpha value is -0.520. The van der Waals surface area contributed by atoms with Crippen LogP contribution in [0.1, 0.15) is 0 Å². The van der Waals surface area contributed by atoms with Crippen molar-refractivity contribution in [3.8, 4) is 12.3 Å². The van der Waals surface area contributed by atoms with E-state index in [9.17, 15) is 0 Å². The van der Waals surface area contributed by atoms with Gasteiger partial charge >= 0.3 is 0 Å². The minimum atomic E-state index is 0.411. The molecule has 0 radical (unpaired) electrons. The maximum atomic E-state index is 4.92. The van der Waals surface area contributed by atoms with Crippen molar-refractivity contribution in [1.82, 2.24) is 0 Å². The van der Waals surface area contributed by atoms with Crippen LogP contribution in [0.2, 0.25) is 0 Å². The van der Waals surface area contributed by atoms with Crippen LogP contribution in [0.5, 0.6) is 0 Å². The molecule has 0 heterocycles. The molecular weight excluding hydrogens is 102 g/mol. The first-order chi connectivity index (χ1) is 3.91. The molecule has 0 aromatic heterocycles. The number of ether oxygens (including phenoxy) is 1. The highest BCUT2D eigenvalue weighted by Gasteiger charge is 1.79. The lowest BCUT2D eigenvalue weighted by Gasteiger charge is -1.97. The first-order valence-corrected chi connectivity index (χ1v) is 2.54. The van der Waals surface area contributed by atoms with E-state index in [1.165, 1.54) is 0 Å². The first-order valence-electron chi connectivity index (χ1n) is 2.54. The molecule has 0 unspecified atom stereocenters. The molecule has 46 valence electrons.